The Morgan fingerprint density at radius 3 is 2.15 bits per heavy atom. The van der Waals surface area contributed by atoms with Crippen LogP contribution in [-0.4, -0.2) is 10.7 Å². The van der Waals surface area contributed by atoms with Gasteiger partial charge in [-0.15, -0.1) is 23.2 Å². The molecule has 0 bridgehead atoms. The largest absolute Gasteiger partial charge is 0.342 e. The SMILES string of the molecule is Cc1ccc([C@H](NC(=O)c2ccccc2)C(Cl)Cl)cc1. The maximum absolute atomic E-state index is 12.2. The second kappa shape index (κ2) is 6.78. The van der Waals surface area contributed by atoms with Crippen LogP contribution in [0.2, 0.25) is 0 Å². The van der Waals surface area contributed by atoms with E-state index < -0.39 is 10.9 Å². The molecule has 2 aromatic rings. The summed E-state index contributed by atoms with van der Waals surface area (Å²) >= 11 is 12.0. The van der Waals surface area contributed by atoms with Gasteiger partial charge in [0.15, 0.2) is 0 Å². The molecule has 4 heteroatoms. The molecule has 0 heterocycles. The van der Waals surface area contributed by atoms with Crippen molar-refractivity contribution in [3.63, 3.8) is 0 Å². The monoisotopic (exact) mass is 307 g/mol. The molecule has 0 aromatic heterocycles. The number of halogens is 2. The Balaban J connectivity index is 2.18. The Morgan fingerprint density at radius 1 is 1.00 bits per heavy atom. The normalized spacial score (nSPS) is 12.2. The van der Waals surface area contributed by atoms with Gasteiger partial charge >= 0.3 is 0 Å². The van der Waals surface area contributed by atoms with Crippen LogP contribution in [-0.2, 0) is 0 Å². The highest BCUT2D eigenvalue weighted by molar-refractivity contribution is 6.44. The second-order valence-corrected chi connectivity index (χ2v) is 5.73. The van der Waals surface area contributed by atoms with Gasteiger partial charge in [-0.1, -0.05) is 48.0 Å². The van der Waals surface area contributed by atoms with E-state index in [1.165, 1.54) is 0 Å². The summed E-state index contributed by atoms with van der Waals surface area (Å²) in [5.41, 5.74) is 2.61. The summed E-state index contributed by atoms with van der Waals surface area (Å²) in [6.45, 7) is 2.00. The van der Waals surface area contributed by atoms with Crippen LogP contribution >= 0.6 is 23.2 Å². The summed E-state index contributed by atoms with van der Waals surface area (Å²) in [4.78, 5) is 11.5. The van der Waals surface area contributed by atoms with Crippen molar-refractivity contribution in [3.8, 4) is 0 Å². The van der Waals surface area contributed by atoms with Crippen molar-refractivity contribution in [2.24, 2.45) is 0 Å². The minimum Gasteiger partial charge on any atom is -0.342 e. The van der Waals surface area contributed by atoms with Crippen molar-refractivity contribution in [2.45, 2.75) is 17.8 Å². The van der Waals surface area contributed by atoms with Crippen LogP contribution < -0.4 is 5.32 Å². The second-order valence-electron chi connectivity index (χ2n) is 4.56. The van der Waals surface area contributed by atoms with Crippen molar-refractivity contribution < 1.29 is 4.79 Å². The van der Waals surface area contributed by atoms with Gasteiger partial charge in [-0.3, -0.25) is 4.79 Å². The van der Waals surface area contributed by atoms with Gasteiger partial charge in [0, 0.05) is 5.56 Å². The number of hydrogen-bond acceptors (Lipinski definition) is 1. The van der Waals surface area contributed by atoms with Crippen molar-refractivity contribution >= 4 is 29.1 Å². The molecular weight excluding hydrogens is 293 g/mol. The predicted molar refractivity (Wildman–Crippen MR) is 83.3 cm³/mol. The van der Waals surface area contributed by atoms with Crippen LogP contribution in [0.4, 0.5) is 0 Å². The molecule has 0 aliphatic carbocycles. The zero-order valence-corrected chi connectivity index (χ0v) is 12.5. The first-order valence-electron chi connectivity index (χ1n) is 6.28. The molecule has 2 rings (SSSR count). The molecule has 0 radical (unpaired) electrons. The summed E-state index contributed by atoms with van der Waals surface area (Å²) in [5.74, 6) is -0.192. The molecule has 0 spiro atoms. The average Bonchev–Trinajstić information content (AvgIpc) is 2.46. The van der Waals surface area contributed by atoms with Crippen molar-refractivity contribution in [3.05, 3.63) is 71.3 Å². The fourth-order valence-electron chi connectivity index (χ4n) is 1.88. The van der Waals surface area contributed by atoms with Gasteiger partial charge in [0.2, 0.25) is 0 Å². The Labute approximate surface area is 128 Å². The highest BCUT2D eigenvalue weighted by Gasteiger charge is 2.21. The molecule has 1 amide bonds. The minimum absolute atomic E-state index is 0.192. The van der Waals surface area contributed by atoms with E-state index in [4.69, 9.17) is 23.2 Å². The lowest BCUT2D eigenvalue weighted by atomic mass is 10.1. The molecule has 0 unspecified atom stereocenters. The zero-order valence-electron chi connectivity index (χ0n) is 11.0. The summed E-state index contributed by atoms with van der Waals surface area (Å²) in [6, 6.07) is 16.3. The Bertz CT molecular complexity index is 567. The van der Waals surface area contributed by atoms with Crippen molar-refractivity contribution in [1.82, 2.24) is 5.32 Å². The Morgan fingerprint density at radius 2 is 1.60 bits per heavy atom. The van der Waals surface area contributed by atoms with E-state index in [1.54, 1.807) is 12.1 Å². The van der Waals surface area contributed by atoms with Gasteiger partial charge in [0.1, 0.15) is 4.84 Å². The van der Waals surface area contributed by atoms with Gasteiger partial charge < -0.3 is 5.32 Å². The van der Waals surface area contributed by atoms with Crippen LogP contribution in [0.15, 0.2) is 54.6 Å². The third-order valence-electron chi connectivity index (χ3n) is 3.01. The van der Waals surface area contributed by atoms with Crippen LogP contribution in [0.5, 0.6) is 0 Å². The van der Waals surface area contributed by atoms with Crippen molar-refractivity contribution in [2.75, 3.05) is 0 Å². The predicted octanol–water partition coefficient (Wildman–Crippen LogP) is 4.27. The van der Waals surface area contributed by atoms with E-state index in [-0.39, 0.29) is 5.91 Å². The first kappa shape index (κ1) is 14.9. The molecule has 0 saturated carbocycles. The molecule has 20 heavy (non-hydrogen) atoms. The lowest BCUT2D eigenvalue weighted by Crippen LogP contribution is -2.32. The van der Waals surface area contributed by atoms with E-state index in [0.29, 0.717) is 5.56 Å². The first-order chi connectivity index (χ1) is 9.58. The summed E-state index contributed by atoms with van der Waals surface area (Å²) in [6.07, 6.45) is 0. The van der Waals surface area contributed by atoms with Crippen LogP contribution in [0.1, 0.15) is 27.5 Å². The topological polar surface area (TPSA) is 29.1 Å². The van der Waals surface area contributed by atoms with Gasteiger partial charge in [-0.25, -0.2) is 0 Å². The fraction of sp³-hybridized carbons (Fsp3) is 0.188. The van der Waals surface area contributed by atoms with E-state index in [0.717, 1.165) is 11.1 Å². The summed E-state index contributed by atoms with van der Waals surface area (Å²) in [5, 5.41) is 2.87. The van der Waals surface area contributed by atoms with E-state index in [2.05, 4.69) is 5.32 Å². The molecule has 0 aliphatic rings. The first-order valence-corrected chi connectivity index (χ1v) is 7.16. The van der Waals surface area contributed by atoms with Crippen LogP contribution in [0.3, 0.4) is 0 Å². The lowest BCUT2D eigenvalue weighted by molar-refractivity contribution is 0.0939. The van der Waals surface area contributed by atoms with Gasteiger partial charge in [-0.05, 0) is 24.6 Å². The number of rotatable bonds is 4. The standard InChI is InChI=1S/C16H15Cl2NO/c1-11-7-9-12(10-8-11)14(15(17)18)19-16(20)13-5-3-2-4-6-13/h2-10,14-15H,1H3,(H,19,20)/t14-/m0/s1. The maximum Gasteiger partial charge on any atom is 0.251 e. The minimum atomic E-state index is -0.717. The number of nitrogens with one attached hydrogen (secondary N) is 1. The molecular formula is C16H15Cl2NO. The number of aryl methyl sites for hydroxylation is 1. The zero-order chi connectivity index (χ0) is 14.5. The number of benzene rings is 2. The molecule has 1 atom stereocenters. The number of amides is 1. The maximum atomic E-state index is 12.2. The summed E-state index contributed by atoms with van der Waals surface area (Å²) < 4.78 is 0. The number of hydrogen-bond donors (Lipinski definition) is 1. The number of carbonyl (C=O) groups is 1. The highest BCUT2D eigenvalue weighted by Crippen LogP contribution is 2.25. The summed E-state index contributed by atoms with van der Waals surface area (Å²) in [7, 11) is 0. The smallest absolute Gasteiger partial charge is 0.251 e. The molecule has 0 fully saturated rings. The van der Waals surface area contributed by atoms with Gasteiger partial charge in [0.25, 0.3) is 5.91 Å². The van der Waals surface area contributed by atoms with E-state index in [9.17, 15) is 4.79 Å². The van der Waals surface area contributed by atoms with Gasteiger partial charge in [-0.2, -0.15) is 0 Å². The molecule has 2 aromatic carbocycles. The molecule has 0 aliphatic heterocycles. The fourth-order valence-corrected chi connectivity index (χ4v) is 2.30. The van der Waals surface area contributed by atoms with Crippen LogP contribution in [0.25, 0.3) is 0 Å². The molecule has 104 valence electrons. The Kier molecular flexibility index (Phi) is 5.05. The number of alkyl halides is 2. The average molecular weight is 308 g/mol. The third-order valence-corrected chi connectivity index (χ3v) is 3.51. The van der Waals surface area contributed by atoms with Crippen LogP contribution in [0, 0.1) is 6.92 Å². The quantitative estimate of drug-likeness (QED) is 0.840. The number of carbonyl (C=O) groups excluding carboxylic acids is 1. The Hall–Kier alpha value is -1.51. The van der Waals surface area contributed by atoms with Gasteiger partial charge in [0.05, 0.1) is 6.04 Å². The van der Waals surface area contributed by atoms with E-state index >= 15 is 0 Å². The third kappa shape index (κ3) is 3.75. The highest BCUT2D eigenvalue weighted by atomic mass is 35.5. The molecule has 1 N–H and O–H groups in total. The van der Waals surface area contributed by atoms with E-state index in [1.807, 2.05) is 49.4 Å². The lowest BCUT2D eigenvalue weighted by Gasteiger charge is -2.20. The van der Waals surface area contributed by atoms with Crippen molar-refractivity contribution in [1.29, 1.82) is 0 Å². The molecule has 0 saturated heterocycles. The molecule has 2 nitrogen and oxygen atoms in total.